The number of halogens is 1. The van der Waals surface area contributed by atoms with Gasteiger partial charge in [-0.25, -0.2) is 0 Å². The van der Waals surface area contributed by atoms with Gasteiger partial charge in [0, 0.05) is 15.0 Å². The summed E-state index contributed by atoms with van der Waals surface area (Å²) in [5.74, 6) is 0.985. The van der Waals surface area contributed by atoms with E-state index < -0.39 is 0 Å². The van der Waals surface area contributed by atoms with Crippen molar-refractivity contribution in [2.75, 3.05) is 6.61 Å². The van der Waals surface area contributed by atoms with Crippen molar-refractivity contribution in [3.63, 3.8) is 0 Å². The molecule has 74 valence electrons. The fourth-order valence-corrected chi connectivity index (χ4v) is 3.77. The lowest BCUT2D eigenvalue weighted by Crippen LogP contribution is -1.91. The first-order chi connectivity index (χ1) is 6.74. The SMILES string of the molecule is CCOc1c(I)sc2cccc(S)c12. The molecule has 0 bridgehead atoms. The van der Waals surface area contributed by atoms with E-state index in [1.54, 1.807) is 11.3 Å². The normalized spacial score (nSPS) is 10.8. The molecule has 0 N–H and O–H groups in total. The highest BCUT2D eigenvalue weighted by molar-refractivity contribution is 14.1. The predicted octanol–water partition coefficient (Wildman–Crippen LogP) is 4.19. The molecule has 1 aromatic carbocycles. The second kappa shape index (κ2) is 4.28. The Bertz CT molecular complexity index is 464. The Morgan fingerprint density at radius 2 is 2.29 bits per heavy atom. The first-order valence-electron chi connectivity index (χ1n) is 4.26. The van der Waals surface area contributed by atoms with Crippen LogP contribution in [-0.2, 0) is 0 Å². The molecule has 4 heteroatoms. The molecule has 0 spiro atoms. The van der Waals surface area contributed by atoms with Gasteiger partial charge in [-0.15, -0.1) is 24.0 Å². The van der Waals surface area contributed by atoms with E-state index in [-0.39, 0.29) is 0 Å². The molecule has 1 aromatic heterocycles. The average Bonchev–Trinajstić information content (AvgIpc) is 2.45. The molecule has 2 rings (SSSR count). The van der Waals surface area contributed by atoms with E-state index in [1.165, 1.54) is 7.58 Å². The Morgan fingerprint density at radius 1 is 1.50 bits per heavy atom. The summed E-state index contributed by atoms with van der Waals surface area (Å²) < 4.78 is 8.06. The molecule has 0 radical (unpaired) electrons. The standard InChI is InChI=1S/C10H9IOS2/c1-2-12-9-8-6(13)4-3-5-7(8)14-10(9)11/h3-5,13H,2H2,1H3. The van der Waals surface area contributed by atoms with E-state index in [1.807, 2.05) is 19.1 Å². The highest BCUT2D eigenvalue weighted by atomic mass is 127. The van der Waals surface area contributed by atoms with Crippen molar-refractivity contribution < 1.29 is 4.74 Å². The van der Waals surface area contributed by atoms with Gasteiger partial charge in [-0.3, -0.25) is 0 Å². The molecule has 14 heavy (non-hydrogen) atoms. The highest BCUT2D eigenvalue weighted by Gasteiger charge is 2.12. The van der Waals surface area contributed by atoms with E-state index >= 15 is 0 Å². The summed E-state index contributed by atoms with van der Waals surface area (Å²) >= 11 is 8.51. The number of ether oxygens (including phenoxy) is 1. The van der Waals surface area contributed by atoms with E-state index in [2.05, 4.69) is 41.3 Å². The molecular formula is C10H9IOS2. The van der Waals surface area contributed by atoms with Crippen LogP contribution in [0.4, 0.5) is 0 Å². The van der Waals surface area contributed by atoms with Crippen LogP contribution in [0.3, 0.4) is 0 Å². The lowest BCUT2D eigenvalue weighted by atomic mass is 10.2. The largest absolute Gasteiger partial charge is 0.491 e. The van der Waals surface area contributed by atoms with Gasteiger partial charge in [0.2, 0.25) is 0 Å². The van der Waals surface area contributed by atoms with Gasteiger partial charge >= 0.3 is 0 Å². The van der Waals surface area contributed by atoms with Gasteiger partial charge in [-0.05, 0) is 41.6 Å². The Morgan fingerprint density at radius 3 is 3.00 bits per heavy atom. The number of rotatable bonds is 2. The Kier molecular flexibility index (Phi) is 3.23. The summed E-state index contributed by atoms with van der Waals surface area (Å²) in [5.41, 5.74) is 0. The molecule has 1 nitrogen and oxygen atoms in total. The molecule has 1 heterocycles. The predicted molar refractivity (Wildman–Crippen MR) is 73.0 cm³/mol. The second-order valence-corrected chi connectivity index (χ2v) is 6.13. The summed E-state index contributed by atoms with van der Waals surface area (Å²) in [4.78, 5) is 0.991. The summed E-state index contributed by atoms with van der Waals surface area (Å²) in [6, 6.07) is 6.12. The molecular weight excluding hydrogens is 327 g/mol. The lowest BCUT2D eigenvalue weighted by molar-refractivity contribution is 0.343. The van der Waals surface area contributed by atoms with Crippen LogP contribution in [-0.4, -0.2) is 6.61 Å². The van der Waals surface area contributed by atoms with Gasteiger partial charge in [0.25, 0.3) is 0 Å². The molecule has 0 aliphatic heterocycles. The molecule has 0 atom stereocenters. The van der Waals surface area contributed by atoms with Crippen LogP contribution in [0, 0.1) is 2.88 Å². The zero-order valence-corrected chi connectivity index (χ0v) is 11.4. The van der Waals surface area contributed by atoms with Gasteiger partial charge in [0.05, 0.1) is 6.61 Å². The topological polar surface area (TPSA) is 9.23 Å². The monoisotopic (exact) mass is 336 g/mol. The molecule has 0 amide bonds. The first-order valence-corrected chi connectivity index (χ1v) is 6.61. The minimum absolute atomic E-state index is 0.698. The van der Waals surface area contributed by atoms with E-state index in [9.17, 15) is 0 Å². The molecule has 0 aliphatic rings. The van der Waals surface area contributed by atoms with Crippen molar-refractivity contribution in [1.82, 2.24) is 0 Å². The molecule has 0 saturated heterocycles. The van der Waals surface area contributed by atoms with Gasteiger partial charge in [-0.2, -0.15) is 0 Å². The van der Waals surface area contributed by atoms with Crippen LogP contribution in [0.15, 0.2) is 23.1 Å². The Labute approximate surface area is 106 Å². The quantitative estimate of drug-likeness (QED) is 0.639. The average molecular weight is 336 g/mol. The summed E-state index contributed by atoms with van der Waals surface area (Å²) in [7, 11) is 0. The molecule has 2 aromatic rings. The smallest absolute Gasteiger partial charge is 0.152 e. The molecule has 0 fully saturated rings. The van der Waals surface area contributed by atoms with Crippen molar-refractivity contribution in [3.05, 3.63) is 21.1 Å². The number of hydrogen-bond acceptors (Lipinski definition) is 3. The third kappa shape index (κ3) is 1.75. The van der Waals surface area contributed by atoms with Gasteiger partial charge in [0.1, 0.15) is 2.88 Å². The van der Waals surface area contributed by atoms with Crippen LogP contribution >= 0.6 is 46.6 Å². The third-order valence-electron chi connectivity index (χ3n) is 1.90. The molecule has 0 unspecified atom stereocenters. The fraction of sp³-hybridized carbons (Fsp3) is 0.200. The third-order valence-corrected chi connectivity index (χ3v) is 4.35. The first kappa shape index (κ1) is 10.6. The van der Waals surface area contributed by atoms with E-state index in [4.69, 9.17) is 4.74 Å². The van der Waals surface area contributed by atoms with Crippen LogP contribution in [0.25, 0.3) is 10.1 Å². The number of thiol groups is 1. The van der Waals surface area contributed by atoms with Crippen LogP contribution < -0.4 is 4.74 Å². The minimum Gasteiger partial charge on any atom is -0.491 e. The zero-order chi connectivity index (χ0) is 10.1. The summed E-state index contributed by atoms with van der Waals surface area (Å²) in [5, 5.41) is 1.15. The van der Waals surface area contributed by atoms with Crippen molar-refractivity contribution >= 4 is 56.6 Å². The maximum atomic E-state index is 5.62. The number of thiophene rings is 1. The molecule has 0 saturated carbocycles. The van der Waals surface area contributed by atoms with Crippen LogP contribution in [0.5, 0.6) is 5.75 Å². The molecule has 0 aliphatic carbocycles. The minimum atomic E-state index is 0.698. The van der Waals surface area contributed by atoms with E-state index in [0.717, 1.165) is 16.0 Å². The summed E-state index contributed by atoms with van der Waals surface area (Å²) in [6.07, 6.45) is 0. The van der Waals surface area contributed by atoms with Gasteiger partial charge in [0.15, 0.2) is 5.75 Å². The number of benzene rings is 1. The summed E-state index contributed by atoms with van der Waals surface area (Å²) in [6.45, 7) is 2.70. The maximum absolute atomic E-state index is 5.62. The van der Waals surface area contributed by atoms with Crippen molar-refractivity contribution in [3.8, 4) is 5.75 Å². The lowest BCUT2D eigenvalue weighted by Gasteiger charge is -2.03. The van der Waals surface area contributed by atoms with Gasteiger partial charge in [-0.1, -0.05) is 6.07 Å². The highest BCUT2D eigenvalue weighted by Crippen LogP contribution is 2.41. The van der Waals surface area contributed by atoms with Crippen LogP contribution in [0.2, 0.25) is 0 Å². The van der Waals surface area contributed by atoms with Crippen molar-refractivity contribution in [2.24, 2.45) is 0 Å². The zero-order valence-electron chi connectivity index (χ0n) is 7.58. The van der Waals surface area contributed by atoms with Crippen molar-refractivity contribution in [2.45, 2.75) is 11.8 Å². The van der Waals surface area contributed by atoms with Crippen molar-refractivity contribution in [1.29, 1.82) is 0 Å². The van der Waals surface area contributed by atoms with E-state index in [0.29, 0.717) is 6.61 Å². The Hall–Kier alpha value is 0.0600. The maximum Gasteiger partial charge on any atom is 0.152 e. The number of hydrogen-bond donors (Lipinski definition) is 1. The van der Waals surface area contributed by atoms with Gasteiger partial charge < -0.3 is 4.74 Å². The van der Waals surface area contributed by atoms with Crippen LogP contribution in [0.1, 0.15) is 6.92 Å². The fourth-order valence-electron chi connectivity index (χ4n) is 1.35. The number of fused-ring (bicyclic) bond motifs is 1. The Balaban J connectivity index is 2.73. The second-order valence-electron chi connectivity index (χ2n) is 2.79.